The molecule has 0 aliphatic rings. The molecule has 3 heteroatoms. The summed E-state index contributed by atoms with van der Waals surface area (Å²) in [5, 5.41) is 4.97. The summed E-state index contributed by atoms with van der Waals surface area (Å²) < 4.78 is 5.75. The molecule has 0 radical (unpaired) electrons. The highest BCUT2D eigenvalue weighted by Crippen LogP contribution is 2.33. The number of rotatable bonds is 0. The van der Waals surface area contributed by atoms with E-state index in [1.54, 1.807) is 6.20 Å². The van der Waals surface area contributed by atoms with E-state index in [4.69, 9.17) is 16.0 Å². The Balaban J connectivity index is 2.27. The molecule has 2 heterocycles. The Bertz CT molecular complexity index is 895. The number of benzene rings is 2. The Hall–Kier alpha value is -2.06. The zero-order chi connectivity index (χ0) is 12.1. The van der Waals surface area contributed by atoms with Crippen LogP contribution in [0.4, 0.5) is 0 Å². The van der Waals surface area contributed by atoms with Gasteiger partial charge < -0.3 is 4.42 Å². The van der Waals surface area contributed by atoms with Crippen LogP contribution in [0, 0.1) is 0 Å². The smallest absolute Gasteiger partial charge is 0.227 e. The molecule has 2 aromatic carbocycles. The molecule has 0 unspecified atom stereocenters. The lowest BCUT2D eigenvalue weighted by atomic mass is 10.1. The predicted octanol–water partition coefficient (Wildman–Crippen LogP) is 4.79. The van der Waals surface area contributed by atoms with E-state index in [0.717, 1.165) is 32.2 Å². The van der Waals surface area contributed by atoms with E-state index in [0.29, 0.717) is 5.71 Å². The average Bonchev–Trinajstić information content (AvgIpc) is 2.75. The molecule has 0 atom stereocenters. The minimum absolute atomic E-state index is 0.666. The number of furan rings is 1. The third kappa shape index (κ3) is 1.27. The van der Waals surface area contributed by atoms with Crippen LogP contribution in [0.5, 0.6) is 0 Å². The van der Waals surface area contributed by atoms with Gasteiger partial charge in [-0.15, -0.1) is 0 Å². The summed E-state index contributed by atoms with van der Waals surface area (Å²) >= 11 is 6.20. The number of fused-ring (bicyclic) bond motifs is 4. The molecule has 0 spiro atoms. The van der Waals surface area contributed by atoms with Crippen molar-refractivity contribution in [3.63, 3.8) is 0 Å². The van der Waals surface area contributed by atoms with E-state index >= 15 is 0 Å². The standard InChI is InChI=1S/C15H8ClNO/c16-13-5-1-3-9-7-12-10-4-2-6-17-15(10)18-14(12)8-11(9)13/h1-8H. The molecule has 2 aromatic heterocycles. The maximum absolute atomic E-state index is 6.20. The van der Waals surface area contributed by atoms with Crippen molar-refractivity contribution in [3.8, 4) is 0 Å². The molecule has 0 bridgehead atoms. The van der Waals surface area contributed by atoms with Gasteiger partial charge in [0, 0.05) is 27.4 Å². The summed E-state index contributed by atoms with van der Waals surface area (Å²) in [6.45, 7) is 0. The lowest BCUT2D eigenvalue weighted by molar-refractivity contribution is 0.654. The summed E-state index contributed by atoms with van der Waals surface area (Å²) in [5.41, 5.74) is 1.49. The summed E-state index contributed by atoms with van der Waals surface area (Å²) in [7, 11) is 0. The minimum Gasteiger partial charge on any atom is -0.438 e. The van der Waals surface area contributed by atoms with Crippen molar-refractivity contribution in [2.24, 2.45) is 0 Å². The van der Waals surface area contributed by atoms with Crippen LogP contribution in [0.3, 0.4) is 0 Å². The Morgan fingerprint density at radius 1 is 0.944 bits per heavy atom. The van der Waals surface area contributed by atoms with Crippen molar-refractivity contribution in [2.45, 2.75) is 0 Å². The molecule has 0 aliphatic heterocycles. The van der Waals surface area contributed by atoms with Gasteiger partial charge in [0.1, 0.15) is 5.58 Å². The highest BCUT2D eigenvalue weighted by molar-refractivity contribution is 6.36. The number of aromatic nitrogens is 1. The summed E-state index contributed by atoms with van der Waals surface area (Å²) in [6, 6.07) is 13.9. The lowest BCUT2D eigenvalue weighted by Crippen LogP contribution is -1.74. The monoisotopic (exact) mass is 253 g/mol. The van der Waals surface area contributed by atoms with Gasteiger partial charge in [0.05, 0.1) is 0 Å². The SMILES string of the molecule is Clc1cccc2cc3c(cc12)oc1ncccc13. The van der Waals surface area contributed by atoms with Gasteiger partial charge in [-0.2, -0.15) is 0 Å². The fourth-order valence-electron chi connectivity index (χ4n) is 2.34. The molecule has 4 rings (SSSR count). The lowest BCUT2D eigenvalue weighted by Gasteiger charge is -1.99. The fourth-order valence-corrected chi connectivity index (χ4v) is 2.58. The van der Waals surface area contributed by atoms with Crippen molar-refractivity contribution in [2.75, 3.05) is 0 Å². The van der Waals surface area contributed by atoms with Crippen LogP contribution in [-0.4, -0.2) is 4.98 Å². The van der Waals surface area contributed by atoms with Crippen molar-refractivity contribution in [1.82, 2.24) is 4.98 Å². The molecule has 0 saturated carbocycles. The second kappa shape index (κ2) is 3.47. The average molecular weight is 254 g/mol. The third-order valence-corrected chi connectivity index (χ3v) is 3.52. The molecule has 0 amide bonds. The number of nitrogens with zero attached hydrogens (tertiary/aromatic N) is 1. The van der Waals surface area contributed by atoms with Crippen molar-refractivity contribution >= 4 is 44.4 Å². The molecule has 0 N–H and O–H groups in total. The van der Waals surface area contributed by atoms with Gasteiger partial charge in [0.2, 0.25) is 5.71 Å². The van der Waals surface area contributed by atoms with Crippen LogP contribution in [0.1, 0.15) is 0 Å². The highest BCUT2D eigenvalue weighted by Gasteiger charge is 2.09. The maximum atomic E-state index is 6.20. The Kier molecular flexibility index (Phi) is 1.91. The van der Waals surface area contributed by atoms with Crippen LogP contribution < -0.4 is 0 Å². The Morgan fingerprint density at radius 3 is 2.83 bits per heavy atom. The Morgan fingerprint density at radius 2 is 1.89 bits per heavy atom. The first kappa shape index (κ1) is 9.92. The molecule has 18 heavy (non-hydrogen) atoms. The topological polar surface area (TPSA) is 26.0 Å². The molecule has 0 saturated heterocycles. The van der Waals surface area contributed by atoms with Crippen molar-refractivity contribution in [1.29, 1.82) is 0 Å². The summed E-state index contributed by atoms with van der Waals surface area (Å²) in [6.07, 6.45) is 1.73. The van der Waals surface area contributed by atoms with Crippen LogP contribution >= 0.6 is 11.6 Å². The van der Waals surface area contributed by atoms with Gasteiger partial charge in [-0.05, 0) is 35.7 Å². The quantitative estimate of drug-likeness (QED) is 0.450. The first-order valence-corrected chi connectivity index (χ1v) is 6.06. The van der Waals surface area contributed by atoms with E-state index in [1.807, 2.05) is 30.3 Å². The first-order chi connectivity index (χ1) is 8.83. The second-order valence-corrected chi connectivity index (χ2v) is 4.67. The molecule has 0 aliphatic carbocycles. The first-order valence-electron chi connectivity index (χ1n) is 5.68. The van der Waals surface area contributed by atoms with E-state index in [2.05, 4.69) is 17.1 Å². The van der Waals surface area contributed by atoms with Crippen LogP contribution in [0.15, 0.2) is 53.1 Å². The van der Waals surface area contributed by atoms with Gasteiger partial charge in [-0.25, -0.2) is 4.98 Å². The number of pyridine rings is 1. The van der Waals surface area contributed by atoms with Gasteiger partial charge in [-0.1, -0.05) is 23.7 Å². The highest BCUT2D eigenvalue weighted by atomic mass is 35.5. The van der Waals surface area contributed by atoms with Crippen LogP contribution in [0.25, 0.3) is 32.8 Å². The van der Waals surface area contributed by atoms with Crippen LogP contribution in [-0.2, 0) is 0 Å². The Labute approximate surface area is 108 Å². The number of halogens is 1. The zero-order valence-corrected chi connectivity index (χ0v) is 10.1. The summed E-state index contributed by atoms with van der Waals surface area (Å²) in [5.74, 6) is 0. The van der Waals surface area contributed by atoms with Gasteiger partial charge >= 0.3 is 0 Å². The molecular formula is C15H8ClNO. The number of hydrogen-bond donors (Lipinski definition) is 0. The van der Waals surface area contributed by atoms with E-state index in [9.17, 15) is 0 Å². The van der Waals surface area contributed by atoms with Gasteiger partial charge in [0.15, 0.2) is 0 Å². The maximum Gasteiger partial charge on any atom is 0.227 e. The second-order valence-electron chi connectivity index (χ2n) is 4.27. The third-order valence-electron chi connectivity index (χ3n) is 3.20. The van der Waals surface area contributed by atoms with E-state index in [-0.39, 0.29) is 0 Å². The van der Waals surface area contributed by atoms with Gasteiger partial charge in [-0.3, -0.25) is 0 Å². The molecular weight excluding hydrogens is 246 g/mol. The van der Waals surface area contributed by atoms with Crippen molar-refractivity contribution < 1.29 is 4.42 Å². The van der Waals surface area contributed by atoms with Crippen LogP contribution in [0.2, 0.25) is 5.02 Å². The molecule has 86 valence electrons. The molecule has 4 aromatic rings. The summed E-state index contributed by atoms with van der Waals surface area (Å²) in [4.78, 5) is 4.23. The largest absolute Gasteiger partial charge is 0.438 e. The molecule has 2 nitrogen and oxygen atoms in total. The normalized spacial score (nSPS) is 11.6. The zero-order valence-electron chi connectivity index (χ0n) is 9.35. The van der Waals surface area contributed by atoms with E-state index in [1.165, 1.54) is 0 Å². The molecule has 0 fully saturated rings. The fraction of sp³-hybridized carbons (Fsp3) is 0. The van der Waals surface area contributed by atoms with Gasteiger partial charge in [0.25, 0.3) is 0 Å². The number of hydrogen-bond acceptors (Lipinski definition) is 2. The minimum atomic E-state index is 0.666. The predicted molar refractivity (Wildman–Crippen MR) is 74.0 cm³/mol. The van der Waals surface area contributed by atoms with Crippen molar-refractivity contribution in [3.05, 3.63) is 53.7 Å². The van der Waals surface area contributed by atoms with E-state index < -0.39 is 0 Å².